The number of hydrogen-bond donors (Lipinski definition) is 0. The molecule has 1 fully saturated rings. The Balaban J connectivity index is 2.52. The molecule has 10 heteroatoms. The second kappa shape index (κ2) is 5.72. The van der Waals surface area contributed by atoms with E-state index in [9.17, 15) is 22.9 Å². The summed E-state index contributed by atoms with van der Waals surface area (Å²) >= 11 is 2.79. The van der Waals surface area contributed by atoms with Crippen molar-refractivity contribution >= 4 is 31.6 Å². The lowest BCUT2D eigenvalue weighted by atomic mass is 10.3. The second-order valence-corrected chi connectivity index (χ2v) is 6.77. The van der Waals surface area contributed by atoms with Gasteiger partial charge < -0.3 is 4.74 Å². The maximum absolute atomic E-state index is 14.0. The average molecular weight is 369 g/mol. The molecule has 1 aromatic rings. The Hall–Kier alpha value is -1.10. The van der Waals surface area contributed by atoms with Gasteiger partial charge in [0, 0.05) is 25.2 Å². The van der Waals surface area contributed by atoms with Crippen LogP contribution in [0.25, 0.3) is 0 Å². The summed E-state index contributed by atoms with van der Waals surface area (Å²) in [4.78, 5) is 9.27. The van der Waals surface area contributed by atoms with Crippen LogP contribution in [0.4, 0.5) is 10.1 Å². The summed E-state index contributed by atoms with van der Waals surface area (Å²) in [6.45, 7) is 0.581. The summed E-state index contributed by atoms with van der Waals surface area (Å²) in [6, 6.07) is 1.65. The third-order valence-corrected chi connectivity index (χ3v) is 5.25. The lowest BCUT2D eigenvalue weighted by Crippen LogP contribution is -2.40. The summed E-state index contributed by atoms with van der Waals surface area (Å²) in [5.74, 6) is -1.04. The van der Waals surface area contributed by atoms with Gasteiger partial charge in [-0.2, -0.15) is 4.31 Å². The first-order valence-electron chi connectivity index (χ1n) is 5.55. The van der Waals surface area contributed by atoms with Crippen molar-refractivity contribution in [2.75, 3.05) is 26.3 Å². The summed E-state index contributed by atoms with van der Waals surface area (Å²) in [5.41, 5.74) is -0.495. The van der Waals surface area contributed by atoms with Gasteiger partial charge in [0.15, 0.2) is 5.82 Å². The van der Waals surface area contributed by atoms with E-state index in [1.807, 2.05) is 0 Å². The molecule has 0 radical (unpaired) electrons. The zero-order chi connectivity index (χ0) is 14.9. The molecule has 0 spiro atoms. The number of ether oxygens (including phenoxy) is 1. The minimum Gasteiger partial charge on any atom is -0.379 e. The van der Waals surface area contributed by atoms with Crippen molar-refractivity contribution in [3.63, 3.8) is 0 Å². The molecule has 0 saturated carbocycles. The van der Waals surface area contributed by atoms with Gasteiger partial charge in [0.05, 0.1) is 22.6 Å². The van der Waals surface area contributed by atoms with Crippen LogP contribution in [-0.4, -0.2) is 43.9 Å². The van der Waals surface area contributed by atoms with Gasteiger partial charge in [-0.25, -0.2) is 12.8 Å². The first kappa shape index (κ1) is 15.3. The number of benzene rings is 1. The van der Waals surface area contributed by atoms with Crippen LogP contribution in [0.3, 0.4) is 0 Å². The zero-order valence-corrected chi connectivity index (χ0v) is 12.5. The molecule has 1 heterocycles. The van der Waals surface area contributed by atoms with Crippen LogP contribution in [0.2, 0.25) is 0 Å². The fourth-order valence-electron chi connectivity index (χ4n) is 1.77. The fourth-order valence-corrected chi connectivity index (χ4v) is 3.86. The third kappa shape index (κ3) is 2.82. The van der Waals surface area contributed by atoms with Crippen LogP contribution in [0.5, 0.6) is 0 Å². The van der Waals surface area contributed by atoms with Crippen LogP contribution in [0, 0.1) is 15.9 Å². The molecule has 0 aliphatic carbocycles. The third-order valence-electron chi connectivity index (χ3n) is 2.78. The van der Waals surface area contributed by atoms with Crippen LogP contribution in [-0.2, 0) is 14.8 Å². The quantitative estimate of drug-likeness (QED) is 0.595. The predicted octanol–water partition coefficient (Wildman–Crippen LogP) is 1.52. The molecule has 7 nitrogen and oxygen atoms in total. The van der Waals surface area contributed by atoms with Crippen molar-refractivity contribution in [2.24, 2.45) is 0 Å². The fraction of sp³-hybridized carbons (Fsp3) is 0.400. The SMILES string of the molecule is O=[N+]([O-])c1cc(Br)c(F)c(S(=O)(=O)N2CCOCC2)c1. The van der Waals surface area contributed by atoms with Gasteiger partial charge in [0.25, 0.3) is 5.69 Å². The largest absolute Gasteiger partial charge is 0.379 e. The summed E-state index contributed by atoms with van der Waals surface area (Å²) in [5, 5.41) is 10.8. The lowest BCUT2D eigenvalue weighted by molar-refractivity contribution is -0.385. The number of halogens is 2. The Bertz CT molecular complexity index is 645. The minimum atomic E-state index is -4.13. The van der Waals surface area contributed by atoms with Crippen LogP contribution in [0.1, 0.15) is 0 Å². The number of non-ortho nitro benzene ring substituents is 1. The van der Waals surface area contributed by atoms with Crippen LogP contribution in [0.15, 0.2) is 21.5 Å². The maximum Gasteiger partial charge on any atom is 0.272 e. The topological polar surface area (TPSA) is 89.8 Å². The Morgan fingerprint density at radius 3 is 2.50 bits per heavy atom. The molecule has 20 heavy (non-hydrogen) atoms. The number of nitro groups is 1. The highest BCUT2D eigenvalue weighted by atomic mass is 79.9. The standard InChI is InChI=1S/C10H10BrFN2O5S/c11-8-5-7(14(15)16)6-9(10(8)12)20(17,18)13-1-3-19-4-2-13/h5-6H,1-4H2. The van der Waals surface area contributed by atoms with Crippen LogP contribution >= 0.6 is 15.9 Å². The summed E-state index contributed by atoms with van der Waals surface area (Å²) in [6.07, 6.45) is 0. The Morgan fingerprint density at radius 2 is 1.95 bits per heavy atom. The molecule has 0 amide bonds. The van der Waals surface area contributed by atoms with Gasteiger partial charge in [-0.3, -0.25) is 10.1 Å². The summed E-state index contributed by atoms with van der Waals surface area (Å²) in [7, 11) is -4.13. The van der Waals surface area contributed by atoms with Gasteiger partial charge in [-0.05, 0) is 15.9 Å². The second-order valence-electron chi connectivity index (χ2n) is 4.01. The van der Waals surface area contributed by atoms with E-state index in [0.717, 1.165) is 16.4 Å². The van der Waals surface area contributed by atoms with Gasteiger partial charge in [-0.15, -0.1) is 0 Å². The molecule has 0 unspecified atom stereocenters. The highest BCUT2D eigenvalue weighted by Crippen LogP contribution is 2.30. The van der Waals surface area contributed by atoms with E-state index in [-0.39, 0.29) is 30.8 Å². The number of nitro benzene ring substituents is 1. The average Bonchev–Trinajstić information content (AvgIpc) is 2.42. The minimum absolute atomic E-state index is 0.0854. The summed E-state index contributed by atoms with van der Waals surface area (Å²) < 4.78 is 44.4. The molecule has 1 saturated heterocycles. The lowest BCUT2D eigenvalue weighted by Gasteiger charge is -2.26. The molecule has 0 atom stereocenters. The van der Waals surface area contributed by atoms with Crippen molar-refractivity contribution in [3.8, 4) is 0 Å². The molecule has 1 aromatic carbocycles. The number of rotatable bonds is 3. The Kier molecular flexibility index (Phi) is 4.37. The monoisotopic (exact) mass is 368 g/mol. The van der Waals surface area contributed by atoms with Crippen molar-refractivity contribution in [2.45, 2.75) is 4.90 Å². The first-order valence-corrected chi connectivity index (χ1v) is 7.78. The molecule has 2 rings (SSSR count). The normalized spacial score (nSPS) is 17.1. The van der Waals surface area contributed by atoms with Gasteiger partial charge in [0.1, 0.15) is 4.90 Å². The number of sulfonamides is 1. The Morgan fingerprint density at radius 1 is 1.35 bits per heavy atom. The van der Waals surface area contributed by atoms with Gasteiger partial charge in [-0.1, -0.05) is 0 Å². The van der Waals surface area contributed by atoms with E-state index in [1.165, 1.54) is 0 Å². The highest BCUT2D eigenvalue weighted by molar-refractivity contribution is 9.10. The molecule has 1 aliphatic heterocycles. The molecule has 1 aliphatic rings. The maximum atomic E-state index is 14.0. The van der Waals surface area contributed by atoms with E-state index < -0.39 is 31.3 Å². The number of nitrogens with zero attached hydrogens (tertiary/aromatic N) is 2. The van der Waals surface area contributed by atoms with Gasteiger partial charge >= 0.3 is 0 Å². The Labute approximate surface area is 122 Å². The molecule has 0 bridgehead atoms. The van der Waals surface area contributed by atoms with E-state index >= 15 is 0 Å². The smallest absolute Gasteiger partial charge is 0.272 e. The number of hydrogen-bond acceptors (Lipinski definition) is 5. The molecule has 110 valence electrons. The van der Waals surface area contributed by atoms with Crippen LogP contribution < -0.4 is 0 Å². The van der Waals surface area contributed by atoms with Crippen molar-refractivity contribution < 1.29 is 22.5 Å². The van der Waals surface area contributed by atoms with Gasteiger partial charge in [0.2, 0.25) is 10.0 Å². The van der Waals surface area contributed by atoms with E-state index in [0.29, 0.717) is 0 Å². The molecular formula is C10H10BrFN2O5S. The van der Waals surface area contributed by atoms with Crippen molar-refractivity contribution in [3.05, 3.63) is 32.5 Å². The van der Waals surface area contributed by atoms with Crippen molar-refractivity contribution in [1.29, 1.82) is 0 Å². The van der Waals surface area contributed by atoms with E-state index in [2.05, 4.69) is 15.9 Å². The highest BCUT2D eigenvalue weighted by Gasteiger charge is 2.31. The number of morpholine rings is 1. The molecule has 0 N–H and O–H groups in total. The van der Waals surface area contributed by atoms with Crippen molar-refractivity contribution in [1.82, 2.24) is 4.31 Å². The molecular weight excluding hydrogens is 359 g/mol. The predicted molar refractivity (Wildman–Crippen MR) is 70.3 cm³/mol. The van der Waals surface area contributed by atoms with E-state index in [4.69, 9.17) is 4.74 Å². The van der Waals surface area contributed by atoms with E-state index in [1.54, 1.807) is 0 Å². The zero-order valence-electron chi connectivity index (χ0n) is 10.1. The first-order chi connectivity index (χ1) is 9.34. The molecule has 0 aromatic heterocycles.